The van der Waals surface area contributed by atoms with Crippen LogP contribution in [0.3, 0.4) is 0 Å². The van der Waals surface area contributed by atoms with Crippen molar-refractivity contribution in [1.29, 1.82) is 0 Å². The molecule has 1 aliphatic heterocycles. The zero-order chi connectivity index (χ0) is 21.4. The molecule has 30 heavy (non-hydrogen) atoms. The van der Waals surface area contributed by atoms with E-state index in [1.807, 2.05) is 29.2 Å². The van der Waals surface area contributed by atoms with E-state index in [9.17, 15) is 9.59 Å². The van der Waals surface area contributed by atoms with E-state index >= 15 is 0 Å². The van der Waals surface area contributed by atoms with Crippen LogP contribution in [0.1, 0.15) is 48.7 Å². The molecule has 2 amide bonds. The summed E-state index contributed by atoms with van der Waals surface area (Å²) in [6, 6.07) is 11.2. The second kappa shape index (κ2) is 7.97. The van der Waals surface area contributed by atoms with Crippen LogP contribution in [0.15, 0.2) is 36.4 Å². The molecule has 7 nitrogen and oxygen atoms in total. The van der Waals surface area contributed by atoms with Crippen LogP contribution < -0.4 is 20.3 Å². The molecule has 1 saturated carbocycles. The molecule has 7 heteroatoms. The topological polar surface area (TPSA) is 83.6 Å². The Morgan fingerprint density at radius 3 is 2.60 bits per heavy atom. The van der Waals surface area contributed by atoms with E-state index < -0.39 is 0 Å². The summed E-state index contributed by atoms with van der Waals surface area (Å²) in [6.07, 6.45) is 2.27. The summed E-state index contributed by atoms with van der Waals surface area (Å²) in [5.41, 5.74) is 2.37. The number of rotatable bonds is 5. The molecule has 1 aliphatic carbocycles. The number of methoxy groups -OCH3 is 1. The van der Waals surface area contributed by atoms with Crippen LogP contribution in [-0.2, 0) is 4.79 Å². The Labute approximate surface area is 176 Å². The SMILES string of the molecule is CNC(=O)c1ccc2c(c1)C(Nc1cccc(OC)n1)[C@@H](C)[C@H](C1CC1)N2C(C)=O. The van der Waals surface area contributed by atoms with E-state index in [2.05, 4.69) is 22.5 Å². The Bertz CT molecular complexity index is 973. The highest BCUT2D eigenvalue weighted by Gasteiger charge is 2.47. The average molecular weight is 409 g/mol. The minimum atomic E-state index is -0.151. The number of aromatic nitrogens is 1. The molecular formula is C23H28N4O3. The van der Waals surface area contributed by atoms with Crippen LogP contribution >= 0.6 is 0 Å². The zero-order valence-electron chi connectivity index (χ0n) is 17.8. The Morgan fingerprint density at radius 2 is 1.97 bits per heavy atom. The van der Waals surface area contributed by atoms with Crippen LogP contribution in [0.4, 0.5) is 11.5 Å². The summed E-state index contributed by atoms with van der Waals surface area (Å²) in [6.45, 7) is 3.79. The van der Waals surface area contributed by atoms with E-state index in [1.165, 1.54) is 0 Å². The number of nitrogens with zero attached hydrogens (tertiary/aromatic N) is 2. The first kappa shape index (κ1) is 20.2. The summed E-state index contributed by atoms with van der Waals surface area (Å²) < 4.78 is 5.27. The van der Waals surface area contributed by atoms with Gasteiger partial charge in [0.2, 0.25) is 11.8 Å². The first-order valence-electron chi connectivity index (χ1n) is 10.4. The van der Waals surface area contributed by atoms with Crippen LogP contribution in [0.2, 0.25) is 0 Å². The van der Waals surface area contributed by atoms with Crippen LogP contribution in [0.25, 0.3) is 0 Å². The lowest BCUT2D eigenvalue weighted by Gasteiger charge is -2.46. The smallest absolute Gasteiger partial charge is 0.251 e. The summed E-state index contributed by atoms with van der Waals surface area (Å²) in [4.78, 5) is 31.4. The first-order valence-corrected chi connectivity index (χ1v) is 10.4. The van der Waals surface area contributed by atoms with Gasteiger partial charge in [0.05, 0.1) is 13.2 Å². The number of carbonyl (C=O) groups excluding carboxylic acids is 2. The maximum Gasteiger partial charge on any atom is 0.251 e. The minimum Gasteiger partial charge on any atom is -0.481 e. The molecule has 1 unspecified atom stereocenters. The average Bonchev–Trinajstić information content (AvgIpc) is 3.59. The van der Waals surface area contributed by atoms with Gasteiger partial charge in [-0.2, -0.15) is 4.98 Å². The van der Waals surface area contributed by atoms with Crippen molar-refractivity contribution in [3.05, 3.63) is 47.5 Å². The third-order valence-electron chi connectivity index (χ3n) is 6.15. The maximum atomic E-state index is 12.7. The monoisotopic (exact) mass is 408 g/mol. The lowest BCUT2D eigenvalue weighted by atomic mass is 9.79. The van der Waals surface area contributed by atoms with Crippen molar-refractivity contribution in [2.75, 3.05) is 24.4 Å². The number of carbonyl (C=O) groups is 2. The highest BCUT2D eigenvalue weighted by molar-refractivity contribution is 5.98. The van der Waals surface area contributed by atoms with Crippen LogP contribution in [0.5, 0.6) is 5.88 Å². The zero-order valence-corrected chi connectivity index (χ0v) is 17.8. The summed E-state index contributed by atoms with van der Waals surface area (Å²) in [5, 5.41) is 6.24. The van der Waals surface area contributed by atoms with Gasteiger partial charge in [-0.15, -0.1) is 0 Å². The van der Waals surface area contributed by atoms with Crippen LogP contribution in [-0.4, -0.2) is 37.0 Å². The molecule has 1 aromatic heterocycles. The number of anilines is 2. The predicted octanol–water partition coefficient (Wildman–Crippen LogP) is 3.38. The molecule has 4 rings (SSSR count). The number of fused-ring (bicyclic) bond motifs is 1. The van der Waals surface area contributed by atoms with E-state index in [0.29, 0.717) is 23.2 Å². The van der Waals surface area contributed by atoms with E-state index in [1.54, 1.807) is 33.2 Å². The standard InChI is InChI=1S/C23H28N4O3/c1-13-21(26-19-6-5-7-20(25-19)30-4)17-12-16(23(29)24-3)10-11-18(17)27(14(2)28)22(13)15-8-9-15/h5-7,10-13,15,21-22H,8-9H2,1-4H3,(H,24,29)(H,25,26)/t13-,21?,22-/m1/s1. The minimum absolute atomic E-state index is 0.0330. The van der Waals surface area contributed by atoms with Gasteiger partial charge in [-0.1, -0.05) is 13.0 Å². The summed E-state index contributed by atoms with van der Waals surface area (Å²) >= 11 is 0. The maximum absolute atomic E-state index is 12.7. The number of nitrogens with one attached hydrogen (secondary N) is 2. The molecule has 3 atom stereocenters. The second-order valence-electron chi connectivity index (χ2n) is 8.12. The van der Waals surface area contributed by atoms with Crippen molar-refractivity contribution in [2.24, 2.45) is 11.8 Å². The van der Waals surface area contributed by atoms with Crippen LogP contribution in [0, 0.1) is 11.8 Å². The largest absolute Gasteiger partial charge is 0.481 e. The Balaban J connectivity index is 1.81. The van der Waals surface area contributed by atoms with Crippen molar-refractivity contribution in [2.45, 2.75) is 38.8 Å². The van der Waals surface area contributed by atoms with Gasteiger partial charge in [0.15, 0.2) is 0 Å². The Morgan fingerprint density at radius 1 is 1.20 bits per heavy atom. The van der Waals surface area contributed by atoms with Gasteiger partial charge < -0.3 is 20.3 Å². The number of hydrogen-bond acceptors (Lipinski definition) is 5. The van der Waals surface area contributed by atoms with Gasteiger partial charge >= 0.3 is 0 Å². The lowest BCUT2D eigenvalue weighted by molar-refractivity contribution is -0.117. The van der Waals surface area contributed by atoms with E-state index in [0.717, 1.165) is 24.1 Å². The van der Waals surface area contributed by atoms with Crippen molar-refractivity contribution < 1.29 is 14.3 Å². The van der Waals surface area contributed by atoms with Gasteiger partial charge in [0.25, 0.3) is 5.91 Å². The quantitative estimate of drug-likeness (QED) is 0.792. The van der Waals surface area contributed by atoms with Crippen molar-refractivity contribution in [3.8, 4) is 5.88 Å². The molecule has 0 spiro atoms. The van der Waals surface area contributed by atoms with Gasteiger partial charge in [-0.05, 0) is 48.6 Å². The fraction of sp³-hybridized carbons (Fsp3) is 0.435. The van der Waals surface area contributed by atoms with Crippen molar-refractivity contribution in [3.63, 3.8) is 0 Å². The molecule has 1 aromatic carbocycles. The predicted molar refractivity (Wildman–Crippen MR) is 116 cm³/mol. The fourth-order valence-electron chi connectivity index (χ4n) is 4.62. The summed E-state index contributed by atoms with van der Waals surface area (Å²) in [5.74, 6) is 1.76. The molecule has 0 bridgehead atoms. The third kappa shape index (κ3) is 3.60. The first-order chi connectivity index (χ1) is 14.4. The van der Waals surface area contributed by atoms with Crippen molar-refractivity contribution in [1.82, 2.24) is 10.3 Å². The molecule has 0 radical (unpaired) electrons. The Hall–Kier alpha value is -3.09. The van der Waals surface area contributed by atoms with Gasteiger partial charge in [-0.3, -0.25) is 9.59 Å². The lowest BCUT2D eigenvalue weighted by Crippen LogP contribution is -2.51. The van der Waals surface area contributed by atoms with Crippen molar-refractivity contribution >= 4 is 23.3 Å². The molecular weight excluding hydrogens is 380 g/mol. The van der Waals surface area contributed by atoms with Gasteiger partial charge in [0, 0.05) is 43.2 Å². The summed E-state index contributed by atoms with van der Waals surface area (Å²) in [7, 11) is 3.21. The fourth-order valence-corrected chi connectivity index (χ4v) is 4.62. The molecule has 2 aromatic rings. The van der Waals surface area contributed by atoms with Gasteiger partial charge in [-0.25, -0.2) is 0 Å². The number of benzene rings is 1. The molecule has 2 heterocycles. The molecule has 0 saturated heterocycles. The van der Waals surface area contributed by atoms with E-state index in [-0.39, 0.29) is 29.8 Å². The van der Waals surface area contributed by atoms with E-state index in [4.69, 9.17) is 4.74 Å². The highest BCUT2D eigenvalue weighted by Crippen LogP contribution is 2.50. The second-order valence-corrected chi connectivity index (χ2v) is 8.12. The third-order valence-corrected chi connectivity index (χ3v) is 6.15. The normalized spacial score (nSPS) is 22.8. The number of amides is 2. The molecule has 2 aliphatic rings. The molecule has 1 fully saturated rings. The number of ether oxygens (including phenoxy) is 1. The van der Waals surface area contributed by atoms with Gasteiger partial charge in [0.1, 0.15) is 5.82 Å². The Kier molecular flexibility index (Phi) is 5.37. The number of hydrogen-bond donors (Lipinski definition) is 2. The molecule has 2 N–H and O–H groups in total. The highest BCUT2D eigenvalue weighted by atomic mass is 16.5. The number of pyridine rings is 1. The molecule has 158 valence electrons.